The molecule has 6 rings (SSSR count). The monoisotopic (exact) mass is 575 g/mol. The molecule has 1 fully saturated rings. The molecule has 0 atom stereocenters. The maximum Gasteiger partial charge on any atom is 0.293 e. The molecule has 0 unspecified atom stereocenters. The van der Waals surface area contributed by atoms with Crippen LogP contribution >= 0.6 is 11.8 Å². The Kier molecular flexibility index (Phi) is 6.85. The van der Waals surface area contributed by atoms with Crippen LogP contribution in [0, 0.1) is 28.4 Å². The van der Waals surface area contributed by atoms with Crippen LogP contribution in [-0.4, -0.2) is 40.5 Å². The Morgan fingerprint density at radius 1 is 1.02 bits per heavy atom. The zero-order valence-corrected chi connectivity index (χ0v) is 23.0. The van der Waals surface area contributed by atoms with Gasteiger partial charge in [0.1, 0.15) is 5.69 Å². The summed E-state index contributed by atoms with van der Waals surface area (Å²) in [5, 5.41) is 29.7. The summed E-state index contributed by atoms with van der Waals surface area (Å²) >= 11 is 0.869. The number of aromatic nitrogens is 4. The van der Waals surface area contributed by atoms with Crippen LogP contribution in [0.4, 0.5) is 10.5 Å². The van der Waals surface area contributed by atoms with Crippen LogP contribution < -0.4 is 0 Å². The van der Waals surface area contributed by atoms with Gasteiger partial charge in [-0.3, -0.25) is 24.6 Å². The summed E-state index contributed by atoms with van der Waals surface area (Å²) in [7, 11) is 0. The molecule has 0 bridgehead atoms. The summed E-state index contributed by atoms with van der Waals surface area (Å²) in [6.45, 7) is 2.05. The normalized spacial score (nSPS) is 14.2. The number of imide groups is 1. The first-order valence-corrected chi connectivity index (χ1v) is 13.6. The van der Waals surface area contributed by atoms with Gasteiger partial charge in [-0.1, -0.05) is 47.7 Å². The van der Waals surface area contributed by atoms with Crippen LogP contribution in [-0.2, 0) is 17.9 Å². The molecule has 1 aliphatic heterocycles. The number of hydrogen-bond donors (Lipinski definition) is 0. The number of carbonyl (C=O) groups is 2. The van der Waals surface area contributed by atoms with Gasteiger partial charge < -0.3 is 4.57 Å². The Hall–Kier alpha value is -5.54. The van der Waals surface area contributed by atoms with E-state index >= 15 is 0 Å². The van der Waals surface area contributed by atoms with Crippen molar-refractivity contribution in [3.05, 3.63) is 122 Å². The van der Waals surface area contributed by atoms with Crippen molar-refractivity contribution in [1.82, 2.24) is 24.5 Å². The fourth-order valence-electron chi connectivity index (χ4n) is 4.96. The van der Waals surface area contributed by atoms with E-state index in [1.807, 2.05) is 35.0 Å². The minimum atomic E-state index is -0.427. The predicted octanol–water partition coefficient (Wildman–Crippen LogP) is 5.60. The Labute approximate surface area is 243 Å². The molecule has 1 saturated heterocycles. The number of rotatable bonds is 7. The quantitative estimate of drug-likeness (QED) is 0.139. The van der Waals surface area contributed by atoms with E-state index in [4.69, 9.17) is 0 Å². The van der Waals surface area contributed by atoms with Crippen molar-refractivity contribution in [3.8, 4) is 11.8 Å². The molecule has 1 aliphatic rings. The topological polar surface area (TPSA) is 140 Å². The summed E-state index contributed by atoms with van der Waals surface area (Å²) in [6.07, 6.45) is 5.33. The average molecular weight is 576 g/mol. The van der Waals surface area contributed by atoms with Gasteiger partial charge in [0.2, 0.25) is 0 Å². The molecule has 5 aromatic rings. The van der Waals surface area contributed by atoms with Gasteiger partial charge in [0.05, 0.1) is 52.0 Å². The fourth-order valence-corrected chi connectivity index (χ4v) is 5.79. The number of amides is 2. The van der Waals surface area contributed by atoms with Crippen LogP contribution in [0.15, 0.2) is 84.0 Å². The smallest absolute Gasteiger partial charge is 0.293 e. The van der Waals surface area contributed by atoms with Gasteiger partial charge in [-0.2, -0.15) is 5.26 Å². The van der Waals surface area contributed by atoms with Gasteiger partial charge in [0, 0.05) is 28.7 Å². The van der Waals surface area contributed by atoms with E-state index in [0.717, 1.165) is 33.1 Å². The van der Waals surface area contributed by atoms with Crippen LogP contribution in [0.3, 0.4) is 0 Å². The number of nitro benzene ring substituents is 1. The fraction of sp³-hybridized carbons (Fsp3) is 0.100. The second kappa shape index (κ2) is 10.8. The van der Waals surface area contributed by atoms with Crippen LogP contribution in [0.2, 0.25) is 0 Å². The minimum absolute atomic E-state index is 0.00396. The van der Waals surface area contributed by atoms with Gasteiger partial charge in [-0.25, -0.2) is 4.68 Å². The van der Waals surface area contributed by atoms with Gasteiger partial charge in [0.25, 0.3) is 16.8 Å². The van der Waals surface area contributed by atoms with Gasteiger partial charge in [-0.05, 0) is 48.5 Å². The second-order valence-electron chi connectivity index (χ2n) is 9.60. The standard InChI is InChI=1S/C30H21N7O4S/c1-19-25(11-6-12-26(19)37(40)41)36-18-23(32-33-36)17-34-15-22(24-9-4-5-10-27(24)34)13-28-29(38)35(30(39)42-28)16-21-8-3-2-7-20(21)14-31/h2-13,15,18H,16-17H2,1H3/b28-13-. The highest BCUT2D eigenvalue weighted by Gasteiger charge is 2.35. The van der Waals surface area contributed by atoms with Crippen LogP contribution in [0.5, 0.6) is 0 Å². The van der Waals surface area contributed by atoms with E-state index < -0.39 is 16.1 Å². The summed E-state index contributed by atoms with van der Waals surface area (Å²) in [5.74, 6) is -0.412. The van der Waals surface area contributed by atoms with Crippen LogP contribution in [0.1, 0.15) is 27.9 Å². The van der Waals surface area contributed by atoms with E-state index in [1.54, 1.807) is 55.6 Å². The largest absolute Gasteiger partial charge is 0.341 e. The van der Waals surface area contributed by atoms with Crippen molar-refractivity contribution in [1.29, 1.82) is 5.26 Å². The zero-order chi connectivity index (χ0) is 29.4. The number of benzene rings is 3. The summed E-state index contributed by atoms with van der Waals surface area (Å²) in [4.78, 5) is 38.4. The van der Waals surface area contributed by atoms with E-state index in [9.17, 15) is 25.0 Å². The Morgan fingerprint density at radius 3 is 2.62 bits per heavy atom. The first-order valence-electron chi connectivity index (χ1n) is 12.8. The molecular weight excluding hydrogens is 554 g/mol. The molecule has 3 aromatic carbocycles. The molecule has 0 saturated carbocycles. The molecule has 0 spiro atoms. The number of thioether (sulfide) groups is 1. The third-order valence-electron chi connectivity index (χ3n) is 7.04. The van der Waals surface area contributed by atoms with Crippen molar-refractivity contribution >= 4 is 45.6 Å². The number of nitrogens with zero attached hydrogens (tertiary/aromatic N) is 7. The lowest BCUT2D eigenvalue weighted by atomic mass is 10.1. The Morgan fingerprint density at radius 2 is 1.81 bits per heavy atom. The molecule has 2 aromatic heterocycles. The number of carbonyl (C=O) groups excluding carboxylic acids is 2. The Bertz CT molecular complexity index is 1980. The molecule has 0 N–H and O–H groups in total. The molecule has 0 radical (unpaired) electrons. The molecular formula is C30H21N7O4S. The van der Waals surface area contributed by atoms with Crippen molar-refractivity contribution in [2.45, 2.75) is 20.0 Å². The van der Waals surface area contributed by atoms with E-state index in [1.165, 1.54) is 10.7 Å². The lowest BCUT2D eigenvalue weighted by Crippen LogP contribution is -2.27. The van der Waals surface area contributed by atoms with Crippen molar-refractivity contribution in [2.75, 3.05) is 0 Å². The molecule has 11 nitrogen and oxygen atoms in total. The highest BCUT2D eigenvalue weighted by atomic mass is 32.2. The summed E-state index contributed by atoms with van der Waals surface area (Å²) in [6, 6.07) is 21.5. The van der Waals surface area contributed by atoms with Gasteiger partial charge >= 0.3 is 0 Å². The van der Waals surface area contributed by atoms with E-state index in [0.29, 0.717) is 39.5 Å². The van der Waals surface area contributed by atoms with Gasteiger partial charge in [-0.15, -0.1) is 5.10 Å². The lowest BCUT2D eigenvalue weighted by molar-refractivity contribution is -0.385. The van der Waals surface area contributed by atoms with Crippen molar-refractivity contribution in [2.24, 2.45) is 0 Å². The molecule has 2 amide bonds. The second-order valence-corrected chi connectivity index (χ2v) is 10.6. The number of nitro groups is 1. The highest BCUT2D eigenvalue weighted by molar-refractivity contribution is 8.18. The number of hydrogen-bond acceptors (Lipinski definition) is 8. The lowest BCUT2D eigenvalue weighted by Gasteiger charge is -2.13. The van der Waals surface area contributed by atoms with E-state index in [-0.39, 0.29) is 12.2 Å². The van der Waals surface area contributed by atoms with Crippen molar-refractivity contribution < 1.29 is 14.5 Å². The highest BCUT2D eigenvalue weighted by Crippen LogP contribution is 2.35. The third kappa shape index (κ3) is 4.82. The molecule has 12 heteroatoms. The molecule has 206 valence electrons. The number of para-hydroxylation sites is 1. The van der Waals surface area contributed by atoms with Gasteiger partial charge in [0.15, 0.2) is 0 Å². The predicted molar refractivity (Wildman–Crippen MR) is 156 cm³/mol. The summed E-state index contributed by atoms with van der Waals surface area (Å²) < 4.78 is 3.49. The van der Waals surface area contributed by atoms with Crippen molar-refractivity contribution in [3.63, 3.8) is 0 Å². The zero-order valence-electron chi connectivity index (χ0n) is 22.2. The first-order chi connectivity index (χ1) is 20.3. The summed E-state index contributed by atoms with van der Waals surface area (Å²) in [5.41, 5.74) is 4.36. The maximum atomic E-state index is 13.3. The number of nitriles is 1. The molecule has 42 heavy (non-hydrogen) atoms. The minimum Gasteiger partial charge on any atom is -0.341 e. The number of fused-ring (bicyclic) bond motifs is 1. The third-order valence-corrected chi connectivity index (χ3v) is 7.95. The molecule has 0 aliphatic carbocycles. The molecule has 3 heterocycles. The first kappa shape index (κ1) is 26.7. The SMILES string of the molecule is Cc1c(-n2cc(Cn3cc(/C=C4\SC(=O)N(Cc5ccccc5C#N)C4=O)c4ccccc43)nn2)cccc1[N+](=O)[O-]. The average Bonchev–Trinajstić information content (AvgIpc) is 3.67. The van der Waals surface area contributed by atoms with E-state index in [2.05, 4.69) is 16.4 Å². The maximum absolute atomic E-state index is 13.3. The Balaban J connectivity index is 1.29. The van der Waals surface area contributed by atoms with Crippen LogP contribution in [0.25, 0.3) is 22.7 Å².